The molecule has 0 fully saturated rings. The standard InChI is InChI=1S/C25H29FN4O5.C2H6/c1-4-5-18(9-6-16(2)7-11-23(31)32)30-25(34)21-13-20(28-15-29-21)24(33)27-14-17-8-10-19(26)22(12-17)35-3;1-2/h4-5,7-8,10,12-13,15,18H,6,9,11,14H2,1-3H3,(H,27,33)(H,30,34)(H,31,32);1-2H3/b5-4+,16-7+;. The molecule has 0 saturated heterocycles. The van der Waals surface area contributed by atoms with Gasteiger partial charge in [0.25, 0.3) is 11.8 Å². The second-order valence-corrected chi connectivity index (χ2v) is 7.73. The molecule has 1 atom stereocenters. The Balaban J connectivity index is 0.00000334. The van der Waals surface area contributed by atoms with E-state index in [0.29, 0.717) is 18.4 Å². The van der Waals surface area contributed by atoms with Crippen LogP contribution in [-0.4, -0.2) is 46.0 Å². The van der Waals surface area contributed by atoms with Crippen LogP contribution in [-0.2, 0) is 11.3 Å². The molecule has 2 aromatic rings. The maximum absolute atomic E-state index is 13.5. The lowest BCUT2D eigenvalue weighted by Gasteiger charge is -2.15. The van der Waals surface area contributed by atoms with Crippen LogP contribution in [0, 0.1) is 5.82 Å². The number of benzene rings is 1. The first-order valence-corrected chi connectivity index (χ1v) is 12.0. The number of amides is 2. The minimum absolute atomic E-state index is 0.00857. The SMILES string of the molecule is C/C=C/C(CC/C(C)=C/CC(=O)O)NC(=O)c1cc(C(=O)NCc2ccc(F)c(OC)c2)ncn1.CC. The number of ether oxygens (including phenoxy) is 1. The molecule has 0 aliphatic carbocycles. The zero-order valence-corrected chi connectivity index (χ0v) is 21.9. The number of aliphatic carboxylic acids is 1. The van der Waals surface area contributed by atoms with E-state index < -0.39 is 23.6 Å². The molecule has 0 saturated carbocycles. The zero-order valence-electron chi connectivity index (χ0n) is 21.9. The molecule has 0 radical (unpaired) electrons. The monoisotopic (exact) mass is 514 g/mol. The summed E-state index contributed by atoms with van der Waals surface area (Å²) in [5.41, 5.74) is 1.58. The number of carboxylic acid groups (broad SMARTS) is 1. The Bertz CT molecular complexity index is 1120. The maximum atomic E-state index is 13.5. The highest BCUT2D eigenvalue weighted by atomic mass is 19.1. The molecule has 0 aliphatic heterocycles. The topological polar surface area (TPSA) is 131 Å². The third kappa shape index (κ3) is 11.0. The summed E-state index contributed by atoms with van der Waals surface area (Å²) in [6, 6.07) is 5.24. The van der Waals surface area contributed by atoms with Gasteiger partial charge in [-0.1, -0.05) is 43.7 Å². The van der Waals surface area contributed by atoms with Gasteiger partial charge in [-0.3, -0.25) is 14.4 Å². The van der Waals surface area contributed by atoms with Gasteiger partial charge >= 0.3 is 5.97 Å². The summed E-state index contributed by atoms with van der Waals surface area (Å²) in [4.78, 5) is 43.9. The van der Waals surface area contributed by atoms with Gasteiger partial charge in [0.2, 0.25) is 0 Å². The Morgan fingerprint density at radius 1 is 1.14 bits per heavy atom. The van der Waals surface area contributed by atoms with Gasteiger partial charge in [-0.25, -0.2) is 14.4 Å². The van der Waals surface area contributed by atoms with Crippen LogP contribution in [0.3, 0.4) is 0 Å². The van der Waals surface area contributed by atoms with Crippen molar-refractivity contribution >= 4 is 17.8 Å². The number of nitrogens with zero attached hydrogens (tertiary/aromatic N) is 2. The van der Waals surface area contributed by atoms with Gasteiger partial charge in [-0.15, -0.1) is 0 Å². The molecule has 1 heterocycles. The number of aromatic nitrogens is 2. The van der Waals surface area contributed by atoms with E-state index in [0.717, 1.165) is 11.9 Å². The van der Waals surface area contributed by atoms with E-state index in [1.54, 1.807) is 6.08 Å². The smallest absolute Gasteiger partial charge is 0.307 e. The van der Waals surface area contributed by atoms with Crippen LogP contribution in [0.2, 0.25) is 0 Å². The van der Waals surface area contributed by atoms with Gasteiger partial charge in [0.1, 0.15) is 17.7 Å². The summed E-state index contributed by atoms with van der Waals surface area (Å²) >= 11 is 0. The molecule has 0 aliphatic rings. The molecule has 10 heteroatoms. The predicted molar refractivity (Wildman–Crippen MR) is 139 cm³/mol. The first-order chi connectivity index (χ1) is 17.7. The van der Waals surface area contributed by atoms with E-state index >= 15 is 0 Å². The fourth-order valence-electron chi connectivity index (χ4n) is 3.13. The molecule has 3 N–H and O–H groups in total. The number of hydrogen-bond acceptors (Lipinski definition) is 6. The van der Waals surface area contributed by atoms with Gasteiger partial charge in [-0.05, 0) is 44.4 Å². The van der Waals surface area contributed by atoms with E-state index in [1.807, 2.05) is 39.8 Å². The summed E-state index contributed by atoms with van der Waals surface area (Å²) < 4.78 is 18.5. The molecule has 1 unspecified atom stereocenters. The summed E-state index contributed by atoms with van der Waals surface area (Å²) in [5, 5.41) is 14.3. The van der Waals surface area contributed by atoms with Crippen molar-refractivity contribution < 1.29 is 28.6 Å². The van der Waals surface area contributed by atoms with Crippen molar-refractivity contribution in [2.24, 2.45) is 0 Å². The summed E-state index contributed by atoms with van der Waals surface area (Å²) in [7, 11) is 1.35. The van der Waals surface area contributed by atoms with E-state index in [9.17, 15) is 18.8 Å². The lowest BCUT2D eigenvalue weighted by Crippen LogP contribution is -2.34. The largest absolute Gasteiger partial charge is 0.494 e. The Morgan fingerprint density at radius 3 is 2.43 bits per heavy atom. The Hall–Kier alpha value is -4.08. The number of rotatable bonds is 12. The molecule has 1 aromatic heterocycles. The van der Waals surface area contributed by atoms with Crippen molar-refractivity contribution in [2.75, 3.05) is 7.11 Å². The van der Waals surface area contributed by atoms with Crippen LogP contribution in [0.15, 0.2) is 54.4 Å². The highest BCUT2D eigenvalue weighted by Gasteiger charge is 2.16. The van der Waals surface area contributed by atoms with Crippen LogP contribution in [0.5, 0.6) is 5.75 Å². The van der Waals surface area contributed by atoms with Crippen LogP contribution in [0.1, 0.15) is 73.5 Å². The Kier molecular flexibility index (Phi) is 13.9. The molecule has 37 heavy (non-hydrogen) atoms. The second-order valence-electron chi connectivity index (χ2n) is 7.73. The summed E-state index contributed by atoms with van der Waals surface area (Å²) in [6.45, 7) is 7.78. The summed E-state index contributed by atoms with van der Waals surface area (Å²) in [5.74, 6) is -2.32. The van der Waals surface area contributed by atoms with Crippen molar-refractivity contribution in [3.05, 3.63) is 77.2 Å². The van der Waals surface area contributed by atoms with Crippen LogP contribution >= 0.6 is 0 Å². The number of methoxy groups -OCH3 is 1. The first-order valence-electron chi connectivity index (χ1n) is 12.0. The number of nitrogens with one attached hydrogen (secondary N) is 2. The molecule has 0 spiro atoms. The van der Waals surface area contributed by atoms with E-state index in [2.05, 4.69) is 20.6 Å². The Morgan fingerprint density at radius 2 is 1.81 bits per heavy atom. The van der Waals surface area contributed by atoms with Gasteiger partial charge in [0.15, 0.2) is 11.6 Å². The lowest BCUT2D eigenvalue weighted by atomic mass is 10.0. The van der Waals surface area contributed by atoms with E-state index in [4.69, 9.17) is 9.84 Å². The van der Waals surface area contributed by atoms with Crippen LogP contribution in [0.25, 0.3) is 0 Å². The maximum Gasteiger partial charge on any atom is 0.307 e. The van der Waals surface area contributed by atoms with Crippen molar-refractivity contribution in [2.45, 2.75) is 59.5 Å². The van der Waals surface area contributed by atoms with Crippen molar-refractivity contribution in [3.8, 4) is 5.75 Å². The van der Waals surface area contributed by atoms with Gasteiger partial charge in [-0.2, -0.15) is 0 Å². The fourth-order valence-corrected chi connectivity index (χ4v) is 3.13. The van der Waals surface area contributed by atoms with E-state index in [1.165, 1.54) is 31.4 Å². The molecule has 2 rings (SSSR count). The highest BCUT2D eigenvalue weighted by molar-refractivity contribution is 5.97. The van der Waals surface area contributed by atoms with E-state index in [-0.39, 0.29) is 36.1 Å². The molecule has 1 aromatic carbocycles. The molecule has 0 bridgehead atoms. The molecule has 2 amide bonds. The fraction of sp³-hybridized carbons (Fsp3) is 0.370. The predicted octanol–water partition coefficient (Wildman–Crippen LogP) is 4.46. The third-order valence-electron chi connectivity index (χ3n) is 5.02. The molecule has 200 valence electrons. The zero-order chi connectivity index (χ0) is 27.8. The minimum Gasteiger partial charge on any atom is -0.494 e. The van der Waals surface area contributed by atoms with Crippen molar-refractivity contribution in [1.29, 1.82) is 0 Å². The van der Waals surface area contributed by atoms with Crippen LogP contribution in [0.4, 0.5) is 4.39 Å². The van der Waals surface area contributed by atoms with Gasteiger partial charge in [0.05, 0.1) is 13.5 Å². The number of carbonyl (C=O) groups excluding carboxylic acids is 2. The number of hydrogen-bond donors (Lipinski definition) is 3. The summed E-state index contributed by atoms with van der Waals surface area (Å²) in [6.07, 6.45) is 7.54. The third-order valence-corrected chi connectivity index (χ3v) is 5.02. The quantitative estimate of drug-likeness (QED) is 0.357. The molecular formula is C27H35FN4O5. The lowest BCUT2D eigenvalue weighted by molar-refractivity contribution is -0.136. The number of carboxylic acids is 1. The van der Waals surface area contributed by atoms with Crippen LogP contribution < -0.4 is 15.4 Å². The Labute approximate surface area is 216 Å². The molecular weight excluding hydrogens is 479 g/mol. The number of halogens is 1. The van der Waals surface area contributed by atoms with Crippen molar-refractivity contribution in [1.82, 2.24) is 20.6 Å². The van der Waals surface area contributed by atoms with Gasteiger partial charge < -0.3 is 20.5 Å². The number of carbonyl (C=O) groups is 3. The first kappa shape index (κ1) is 31.0. The second kappa shape index (κ2) is 16.6. The average molecular weight is 515 g/mol. The normalized spacial score (nSPS) is 11.8. The molecule has 9 nitrogen and oxygen atoms in total. The van der Waals surface area contributed by atoms with Gasteiger partial charge in [0, 0.05) is 18.7 Å². The number of allylic oxidation sites excluding steroid dienone is 2. The minimum atomic E-state index is -0.899. The average Bonchev–Trinajstić information content (AvgIpc) is 2.91. The highest BCUT2D eigenvalue weighted by Crippen LogP contribution is 2.18. The van der Waals surface area contributed by atoms with Crippen molar-refractivity contribution in [3.63, 3.8) is 0 Å².